The number of anilines is 2. The van der Waals surface area contributed by atoms with Crippen molar-refractivity contribution < 1.29 is 19.1 Å². The van der Waals surface area contributed by atoms with E-state index in [-0.39, 0.29) is 36.2 Å². The maximum atomic E-state index is 13.0. The highest BCUT2D eigenvalue weighted by Gasteiger charge is 2.44. The van der Waals surface area contributed by atoms with Crippen molar-refractivity contribution in [3.63, 3.8) is 0 Å². The number of pyridine rings is 2. The standard InChI is InChI=1S/2C26H22N4O2S/c1-13-9-22(27)30-14(2)21(13)12-29-25(31)15-3-5-17-19(10-15)23-18-6-4-16(26-28-7-8-33-26)11-20(18)24(17)32-23;1-13-9-22(27)30-14(2)21(13)12-29-25(31)15-3-5-17-19(10-15)24-20-11-16(26-28-7-8-33-26)4-6-18(20)23(17)32-24/h2*3-11,23-24H,12H2,1-2H3,(H2,27,30)(H,29,31). The van der Waals surface area contributed by atoms with Crippen molar-refractivity contribution in [2.24, 2.45) is 0 Å². The fraction of sp³-hybridized carbons (Fsp3) is 0.192. The van der Waals surface area contributed by atoms with Crippen molar-refractivity contribution in [3.05, 3.63) is 197 Å². The van der Waals surface area contributed by atoms with Gasteiger partial charge in [0.15, 0.2) is 0 Å². The molecule has 0 fully saturated rings. The van der Waals surface area contributed by atoms with Crippen LogP contribution in [0.25, 0.3) is 21.1 Å². The average molecular weight is 909 g/mol. The molecule has 4 aliphatic rings. The van der Waals surface area contributed by atoms with Gasteiger partial charge in [-0.3, -0.25) is 9.59 Å². The van der Waals surface area contributed by atoms with E-state index < -0.39 is 0 Å². The predicted octanol–water partition coefficient (Wildman–Crippen LogP) is 9.71. The molecule has 0 aliphatic carbocycles. The molecule has 14 heteroatoms. The molecule has 0 saturated heterocycles. The molecule has 0 radical (unpaired) electrons. The Hall–Kier alpha value is -7.10. The number of nitrogens with two attached hydrogens (primary N) is 2. The Kier molecular flexibility index (Phi) is 10.3. The number of nitrogen functional groups attached to an aromatic ring is 2. The molecule has 66 heavy (non-hydrogen) atoms. The minimum Gasteiger partial charge on any atom is -0.384 e. The van der Waals surface area contributed by atoms with Gasteiger partial charge in [-0.25, -0.2) is 19.9 Å². The number of thiazole rings is 2. The summed E-state index contributed by atoms with van der Waals surface area (Å²) in [6, 6.07) is 28.2. The molecule has 8 heterocycles. The third kappa shape index (κ3) is 7.22. The number of benzene rings is 4. The van der Waals surface area contributed by atoms with E-state index in [2.05, 4.69) is 67.0 Å². The normalized spacial score (nSPS) is 17.6. The van der Waals surface area contributed by atoms with Crippen LogP contribution in [0.3, 0.4) is 0 Å². The van der Waals surface area contributed by atoms with Crippen LogP contribution in [0.4, 0.5) is 11.6 Å². The van der Waals surface area contributed by atoms with Crippen LogP contribution in [0.15, 0.2) is 108 Å². The molecular weight excluding hydrogens is 865 g/mol. The Labute approximate surface area is 389 Å². The van der Waals surface area contributed by atoms with Crippen LogP contribution in [0.2, 0.25) is 0 Å². The molecule has 4 unspecified atom stereocenters. The lowest BCUT2D eigenvalue weighted by atomic mass is 9.84. The van der Waals surface area contributed by atoms with Gasteiger partial charge in [-0.2, -0.15) is 0 Å². The zero-order chi connectivity index (χ0) is 45.4. The molecule has 2 amide bonds. The van der Waals surface area contributed by atoms with Crippen molar-refractivity contribution in [1.29, 1.82) is 0 Å². The average Bonchev–Trinajstić information content (AvgIpc) is 4.18. The number of hydrogen-bond donors (Lipinski definition) is 4. The molecule has 4 bridgehead atoms. The number of nitrogens with zero attached hydrogens (tertiary/aromatic N) is 4. The Bertz CT molecular complexity index is 3220. The first-order valence-corrected chi connectivity index (χ1v) is 23.4. The van der Waals surface area contributed by atoms with Crippen molar-refractivity contribution in [2.75, 3.05) is 11.5 Å². The number of fused-ring (bicyclic) bond motifs is 16. The minimum absolute atomic E-state index is 0.0754. The number of carbonyl (C=O) groups is 2. The van der Waals surface area contributed by atoms with E-state index in [0.29, 0.717) is 35.9 Å². The number of amides is 2. The van der Waals surface area contributed by atoms with Crippen LogP contribution >= 0.6 is 22.7 Å². The van der Waals surface area contributed by atoms with E-state index >= 15 is 0 Å². The highest BCUT2D eigenvalue weighted by molar-refractivity contribution is 7.13. The molecule has 4 atom stereocenters. The van der Waals surface area contributed by atoms with Crippen molar-refractivity contribution in [1.82, 2.24) is 30.6 Å². The van der Waals surface area contributed by atoms with E-state index in [1.165, 1.54) is 16.7 Å². The summed E-state index contributed by atoms with van der Waals surface area (Å²) in [7, 11) is 0. The SMILES string of the molecule is Cc1cc(N)nc(C)c1CNC(=O)c1ccc2c(c1)C1OC2c2cc(-c3nccs3)ccc21.Cc1cc(N)nc(C)c1CNC(=O)c1ccc2c(c1)C1OC2c2ccc(-c3nccs3)cc21. The molecule has 12 nitrogen and oxygen atoms in total. The number of hydrogen-bond acceptors (Lipinski definition) is 12. The fourth-order valence-electron chi connectivity index (χ4n) is 9.82. The number of aryl methyl sites for hydroxylation is 4. The number of ether oxygens (including phenoxy) is 2. The molecule has 4 aromatic carbocycles. The smallest absolute Gasteiger partial charge is 0.251 e. The van der Waals surface area contributed by atoms with Crippen LogP contribution in [-0.4, -0.2) is 31.8 Å². The summed E-state index contributed by atoms with van der Waals surface area (Å²) in [6.07, 6.45) is 3.18. The van der Waals surface area contributed by atoms with Crippen molar-refractivity contribution in [2.45, 2.75) is 65.2 Å². The molecule has 4 aromatic heterocycles. The molecule has 6 N–H and O–H groups in total. The van der Waals surface area contributed by atoms with Crippen LogP contribution in [0.5, 0.6) is 0 Å². The first kappa shape index (κ1) is 41.6. The van der Waals surface area contributed by atoms with Gasteiger partial charge in [-0.05, 0) is 143 Å². The summed E-state index contributed by atoms with van der Waals surface area (Å²) < 4.78 is 12.6. The topological polar surface area (TPSA) is 180 Å². The molecule has 12 rings (SSSR count). The zero-order valence-corrected chi connectivity index (χ0v) is 38.1. The molecule has 0 saturated carbocycles. The number of rotatable bonds is 8. The summed E-state index contributed by atoms with van der Waals surface area (Å²) >= 11 is 3.25. The van der Waals surface area contributed by atoms with Gasteiger partial charge in [0.25, 0.3) is 11.8 Å². The molecule has 4 aliphatic heterocycles. The van der Waals surface area contributed by atoms with Gasteiger partial charge in [0, 0.05) is 69.9 Å². The lowest BCUT2D eigenvalue weighted by Crippen LogP contribution is -2.24. The second-order valence-electron chi connectivity index (χ2n) is 17.1. The Morgan fingerprint density at radius 2 is 0.909 bits per heavy atom. The van der Waals surface area contributed by atoms with Gasteiger partial charge in [-0.15, -0.1) is 22.7 Å². The first-order valence-electron chi connectivity index (χ1n) is 21.7. The highest BCUT2D eigenvalue weighted by atomic mass is 32.1. The van der Waals surface area contributed by atoms with Crippen LogP contribution < -0.4 is 22.1 Å². The van der Waals surface area contributed by atoms with E-state index in [1.807, 2.05) is 99.4 Å². The predicted molar refractivity (Wildman–Crippen MR) is 256 cm³/mol. The maximum absolute atomic E-state index is 13.0. The van der Waals surface area contributed by atoms with Crippen LogP contribution in [0, 0.1) is 27.7 Å². The van der Waals surface area contributed by atoms with Crippen molar-refractivity contribution in [3.8, 4) is 21.1 Å². The minimum atomic E-state index is -0.154. The van der Waals surface area contributed by atoms with Gasteiger partial charge >= 0.3 is 0 Å². The second-order valence-corrected chi connectivity index (χ2v) is 18.9. The number of nitrogens with one attached hydrogen (secondary N) is 2. The largest absolute Gasteiger partial charge is 0.384 e. The maximum Gasteiger partial charge on any atom is 0.251 e. The van der Waals surface area contributed by atoms with Crippen LogP contribution in [0.1, 0.15) is 123 Å². The van der Waals surface area contributed by atoms with E-state index in [0.717, 1.165) is 82.6 Å². The quantitative estimate of drug-likeness (QED) is 0.115. The zero-order valence-electron chi connectivity index (χ0n) is 36.5. The lowest BCUT2D eigenvalue weighted by molar-refractivity contribution is 0.0856. The number of carbonyl (C=O) groups excluding carboxylic acids is 2. The number of aromatic nitrogens is 4. The van der Waals surface area contributed by atoms with E-state index in [9.17, 15) is 9.59 Å². The highest BCUT2D eigenvalue weighted by Crippen LogP contribution is 2.56. The van der Waals surface area contributed by atoms with Gasteiger partial charge in [0.1, 0.15) is 46.1 Å². The summed E-state index contributed by atoms with van der Waals surface area (Å²) in [6.45, 7) is 8.59. The van der Waals surface area contributed by atoms with Gasteiger partial charge in [-0.1, -0.05) is 36.4 Å². The fourth-order valence-corrected chi connectivity index (χ4v) is 11.1. The molecule has 8 aromatic rings. The van der Waals surface area contributed by atoms with Gasteiger partial charge in [0.05, 0.1) is 0 Å². The van der Waals surface area contributed by atoms with E-state index in [4.69, 9.17) is 20.9 Å². The monoisotopic (exact) mass is 908 g/mol. The Morgan fingerprint density at radius 3 is 1.30 bits per heavy atom. The molecule has 328 valence electrons. The summed E-state index contributed by atoms with van der Waals surface area (Å²) in [5.74, 6) is 0.753. The van der Waals surface area contributed by atoms with Gasteiger partial charge < -0.3 is 31.6 Å². The third-order valence-corrected chi connectivity index (χ3v) is 14.7. The van der Waals surface area contributed by atoms with Crippen molar-refractivity contribution >= 4 is 46.1 Å². The Morgan fingerprint density at radius 1 is 0.530 bits per heavy atom. The summed E-state index contributed by atoms with van der Waals surface area (Å²) in [4.78, 5) is 43.4. The summed E-state index contributed by atoms with van der Waals surface area (Å²) in [5, 5.41) is 12.0. The molecule has 0 spiro atoms. The first-order chi connectivity index (χ1) is 32.0. The van der Waals surface area contributed by atoms with E-state index in [1.54, 1.807) is 22.7 Å². The third-order valence-electron chi connectivity index (χ3n) is 13.0. The molecular formula is C52H44N8O4S2. The second kappa shape index (κ2) is 16.4. The van der Waals surface area contributed by atoms with Crippen LogP contribution in [-0.2, 0) is 22.6 Å². The lowest BCUT2D eigenvalue weighted by Gasteiger charge is -2.17. The van der Waals surface area contributed by atoms with Gasteiger partial charge in [0.2, 0.25) is 0 Å². The Balaban J connectivity index is 0.000000146. The summed E-state index contributed by atoms with van der Waals surface area (Å²) in [5.41, 5.74) is 29.9.